The summed E-state index contributed by atoms with van der Waals surface area (Å²) >= 11 is 1.30. The highest BCUT2D eigenvalue weighted by atomic mass is 32.1. The number of pyridine rings is 1. The molecule has 1 aliphatic carbocycles. The third-order valence-electron chi connectivity index (χ3n) is 8.83. The van der Waals surface area contributed by atoms with E-state index in [0.29, 0.717) is 46.4 Å². The van der Waals surface area contributed by atoms with Crippen LogP contribution in [0, 0.1) is 22.6 Å². The molecule has 43 heavy (non-hydrogen) atoms. The van der Waals surface area contributed by atoms with Gasteiger partial charge in [-0.1, -0.05) is 11.3 Å². The number of benzene rings is 2. The lowest BCUT2D eigenvalue weighted by atomic mass is 9.63. The lowest BCUT2D eigenvalue weighted by molar-refractivity contribution is -0.159. The summed E-state index contributed by atoms with van der Waals surface area (Å²) in [7, 11) is 1.93. The van der Waals surface area contributed by atoms with Gasteiger partial charge in [0, 0.05) is 87.4 Å². The standard InChI is InChI=1S/C32H30FN7O2S/c1-37(31-36-30(28(17-34)43-31)21-2-4-22(33)5-3-21)27-8-9-35-26-7-6-23(14-25(26)27)39-12-10-38(11-13-39)18-29(42)40-19-32(20-40)15-24(41)16-32/h2-9,14H,10-13,15-16,18-20H2,1H3. The van der Waals surface area contributed by atoms with Crippen LogP contribution in [-0.2, 0) is 9.59 Å². The van der Waals surface area contributed by atoms with Crippen molar-refractivity contribution in [3.8, 4) is 17.3 Å². The number of nitriles is 1. The number of ketones is 1. The number of fused-ring (bicyclic) bond motifs is 1. The summed E-state index contributed by atoms with van der Waals surface area (Å²) in [5, 5.41) is 11.4. The van der Waals surface area contributed by atoms with Gasteiger partial charge in [0.1, 0.15) is 28.2 Å². The minimum Gasteiger partial charge on any atom is -0.369 e. The fourth-order valence-corrected chi connectivity index (χ4v) is 7.31. The van der Waals surface area contributed by atoms with Gasteiger partial charge in [0.15, 0.2) is 5.13 Å². The van der Waals surface area contributed by atoms with E-state index in [0.717, 1.165) is 61.5 Å². The van der Waals surface area contributed by atoms with E-state index in [1.165, 1.54) is 23.5 Å². The number of halogens is 1. The molecular weight excluding hydrogens is 565 g/mol. The second-order valence-electron chi connectivity index (χ2n) is 11.8. The Morgan fingerprint density at radius 3 is 2.53 bits per heavy atom. The molecule has 2 aromatic carbocycles. The van der Waals surface area contributed by atoms with E-state index in [2.05, 4.69) is 33.0 Å². The zero-order valence-corrected chi connectivity index (χ0v) is 24.6. The summed E-state index contributed by atoms with van der Waals surface area (Å²) in [6.45, 7) is 5.08. The van der Waals surface area contributed by atoms with Crippen molar-refractivity contribution in [2.75, 3.05) is 62.7 Å². The van der Waals surface area contributed by atoms with Crippen LogP contribution in [0.1, 0.15) is 17.7 Å². The van der Waals surface area contributed by atoms with Gasteiger partial charge in [-0.25, -0.2) is 9.37 Å². The van der Waals surface area contributed by atoms with Crippen LogP contribution in [0.25, 0.3) is 22.2 Å². The molecule has 2 saturated heterocycles. The number of hydrogen-bond donors (Lipinski definition) is 0. The minimum atomic E-state index is -0.336. The Balaban J connectivity index is 1.05. The molecule has 3 fully saturated rings. The zero-order valence-electron chi connectivity index (χ0n) is 23.8. The number of likely N-dealkylation sites (tertiary alicyclic amines) is 1. The molecule has 9 nitrogen and oxygen atoms in total. The number of thiazole rings is 1. The molecule has 1 amide bonds. The van der Waals surface area contributed by atoms with Crippen LogP contribution in [0.5, 0.6) is 0 Å². The van der Waals surface area contributed by atoms with E-state index in [1.54, 1.807) is 18.3 Å². The van der Waals surface area contributed by atoms with Crippen LogP contribution in [0.15, 0.2) is 54.7 Å². The summed E-state index contributed by atoms with van der Waals surface area (Å²) < 4.78 is 13.5. The third-order valence-corrected chi connectivity index (χ3v) is 9.87. The number of aromatic nitrogens is 2. The number of piperazine rings is 1. The Hall–Kier alpha value is -4.40. The van der Waals surface area contributed by atoms with Crippen molar-refractivity contribution in [3.05, 3.63) is 65.4 Å². The molecule has 0 unspecified atom stereocenters. The quantitative estimate of drug-likeness (QED) is 0.323. The smallest absolute Gasteiger partial charge is 0.236 e. The first-order valence-electron chi connectivity index (χ1n) is 14.4. The number of nitrogens with zero attached hydrogens (tertiary/aromatic N) is 7. The number of amides is 1. The molecule has 4 aromatic rings. The SMILES string of the molecule is CN(c1nc(-c2ccc(F)cc2)c(C#N)s1)c1ccnc2ccc(N3CCN(CC(=O)N4CC5(CC(=O)C5)C4)CC3)cc12. The molecule has 218 valence electrons. The normalized spacial score (nSPS) is 17.9. The third kappa shape index (κ3) is 5.11. The first-order valence-corrected chi connectivity index (χ1v) is 15.2. The van der Waals surface area contributed by atoms with E-state index in [4.69, 9.17) is 4.98 Å². The molecular formula is C32H30FN7O2S. The number of Topliss-reactive ketones (excluding diaryl/α,β-unsaturated/α-hetero) is 1. The number of anilines is 3. The average molecular weight is 596 g/mol. The van der Waals surface area contributed by atoms with Gasteiger partial charge in [0.25, 0.3) is 0 Å². The first-order chi connectivity index (χ1) is 20.8. The molecule has 7 rings (SSSR count). The van der Waals surface area contributed by atoms with Crippen molar-refractivity contribution >= 4 is 50.4 Å². The number of carbonyl (C=O) groups is 2. The molecule has 0 bridgehead atoms. The molecule has 1 saturated carbocycles. The summed E-state index contributed by atoms with van der Waals surface area (Å²) in [5.74, 6) is 0.141. The van der Waals surface area contributed by atoms with Crippen molar-refractivity contribution in [3.63, 3.8) is 0 Å². The molecule has 0 radical (unpaired) electrons. The topological polar surface area (TPSA) is 96.7 Å². The summed E-state index contributed by atoms with van der Waals surface area (Å²) in [6, 6.07) is 16.5. The van der Waals surface area contributed by atoms with Gasteiger partial charge < -0.3 is 14.7 Å². The summed E-state index contributed by atoms with van der Waals surface area (Å²) in [4.78, 5) is 42.4. The summed E-state index contributed by atoms with van der Waals surface area (Å²) in [5.41, 5.74) is 4.18. The first kappa shape index (κ1) is 27.4. The second-order valence-corrected chi connectivity index (χ2v) is 12.8. The Morgan fingerprint density at radius 2 is 1.84 bits per heavy atom. The van der Waals surface area contributed by atoms with E-state index in [9.17, 15) is 19.2 Å². The van der Waals surface area contributed by atoms with Gasteiger partial charge in [-0.3, -0.25) is 19.5 Å². The maximum Gasteiger partial charge on any atom is 0.236 e. The number of rotatable bonds is 6. The van der Waals surface area contributed by atoms with Crippen LogP contribution in [-0.4, -0.2) is 84.3 Å². The molecule has 11 heteroatoms. The lowest BCUT2D eigenvalue weighted by Crippen LogP contribution is -2.65. The van der Waals surface area contributed by atoms with Gasteiger partial charge in [-0.15, -0.1) is 0 Å². The van der Waals surface area contributed by atoms with Crippen molar-refractivity contribution in [2.45, 2.75) is 12.8 Å². The fraction of sp³-hybridized carbons (Fsp3) is 0.344. The largest absolute Gasteiger partial charge is 0.369 e. The van der Waals surface area contributed by atoms with E-state index >= 15 is 0 Å². The van der Waals surface area contributed by atoms with Gasteiger partial charge >= 0.3 is 0 Å². The predicted octanol–water partition coefficient (Wildman–Crippen LogP) is 4.45. The maximum absolute atomic E-state index is 13.5. The fourth-order valence-electron chi connectivity index (χ4n) is 6.45. The van der Waals surface area contributed by atoms with Crippen molar-refractivity contribution < 1.29 is 14.0 Å². The van der Waals surface area contributed by atoms with Crippen molar-refractivity contribution in [2.24, 2.45) is 5.41 Å². The molecule has 2 aliphatic heterocycles. The Kier molecular flexibility index (Phi) is 6.83. The zero-order chi connectivity index (χ0) is 29.7. The highest BCUT2D eigenvalue weighted by Gasteiger charge is 2.53. The van der Waals surface area contributed by atoms with Gasteiger partial charge in [0.2, 0.25) is 5.91 Å². The Labute approximate surface area is 252 Å². The Morgan fingerprint density at radius 1 is 1.09 bits per heavy atom. The second kappa shape index (κ2) is 10.7. The minimum absolute atomic E-state index is 0.0891. The molecule has 1 spiro atoms. The highest BCUT2D eigenvalue weighted by molar-refractivity contribution is 7.16. The number of hydrogen-bond acceptors (Lipinski definition) is 9. The summed E-state index contributed by atoms with van der Waals surface area (Å²) in [6.07, 6.45) is 3.04. The van der Waals surface area contributed by atoms with Crippen LogP contribution in [0.4, 0.5) is 20.9 Å². The van der Waals surface area contributed by atoms with Crippen LogP contribution >= 0.6 is 11.3 Å². The molecule has 3 aliphatic rings. The Bertz CT molecular complexity index is 1760. The van der Waals surface area contributed by atoms with E-state index in [-0.39, 0.29) is 17.1 Å². The highest BCUT2D eigenvalue weighted by Crippen LogP contribution is 2.46. The predicted molar refractivity (Wildman–Crippen MR) is 164 cm³/mol. The maximum atomic E-state index is 13.5. The monoisotopic (exact) mass is 595 g/mol. The lowest BCUT2D eigenvalue weighted by Gasteiger charge is -2.55. The van der Waals surface area contributed by atoms with Crippen LogP contribution < -0.4 is 9.80 Å². The van der Waals surface area contributed by atoms with Crippen LogP contribution in [0.3, 0.4) is 0 Å². The van der Waals surface area contributed by atoms with Crippen molar-refractivity contribution in [1.82, 2.24) is 19.8 Å². The number of carbonyl (C=O) groups excluding carboxylic acids is 2. The van der Waals surface area contributed by atoms with Gasteiger partial charge in [0.05, 0.1) is 17.7 Å². The van der Waals surface area contributed by atoms with Gasteiger partial charge in [-0.05, 0) is 48.5 Å². The van der Waals surface area contributed by atoms with Crippen LogP contribution in [0.2, 0.25) is 0 Å². The van der Waals surface area contributed by atoms with E-state index < -0.39 is 0 Å². The molecule has 0 N–H and O–H groups in total. The molecule has 0 atom stereocenters. The van der Waals surface area contributed by atoms with E-state index in [1.807, 2.05) is 29.0 Å². The van der Waals surface area contributed by atoms with Gasteiger partial charge in [-0.2, -0.15) is 5.26 Å². The molecule has 4 heterocycles. The molecule has 2 aromatic heterocycles. The average Bonchev–Trinajstić information content (AvgIpc) is 3.42. The van der Waals surface area contributed by atoms with Crippen molar-refractivity contribution in [1.29, 1.82) is 5.26 Å².